The average Bonchev–Trinajstić information content (AvgIpc) is 2.76. The lowest BCUT2D eigenvalue weighted by atomic mass is 9.42. The van der Waals surface area contributed by atoms with Crippen LogP contribution < -0.4 is 5.32 Å². The Bertz CT molecular complexity index is 763. The van der Waals surface area contributed by atoms with Crippen molar-refractivity contribution in [1.82, 2.24) is 5.32 Å². The van der Waals surface area contributed by atoms with Crippen molar-refractivity contribution in [2.75, 3.05) is 13.2 Å². The number of ether oxygens (including phenoxy) is 3. The van der Waals surface area contributed by atoms with Gasteiger partial charge in [0.2, 0.25) is 0 Å². The van der Waals surface area contributed by atoms with Crippen LogP contribution in [0, 0.1) is 16.7 Å². The SMILES string of the molecule is C[C@@]12CC3CC(N[C@@H]4O[C@@H](CO)[C@H](O[C@H]5O[C@@H](CO)[C@@H](O)[C@@H](O)[C@H]5O)[C@H](O)[C@@H]4O)(C1)C[C@@](C)(C3)C2. The molecule has 0 amide bonds. The van der Waals surface area contributed by atoms with E-state index >= 15 is 0 Å². The average molecular weight is 504 g/mol. The van der Waals surface area contributed by atoms with E-state index in [4.69, 9.17) is 14.2 Å². The lowest BCUT2D eigenvalue weighted by Gasteiger charge is -2.66. The maximum Gasteiger partial charge on any atom is 0.187 e. The standard InChI is InChI=1S/C24H41NO10/c1-22-3-11-4-23(2,8-22)10-24(5-11,9-22)25-20-17(31)16(30)19(13(7-27)33-20)35-21-18(32)15(29)14(28)12(6-26)34-21/h11-21,25-32H,3-10H2,1-2H3/t11?,12-,13-,14+,15+,16+,17-,18+,19-,20+,21+,22-,23-,24?/m0/s1. The molecule has 4 bridgehead atoms. The third-order valence-electron chi connectivity index (χ3n) is 9.08. The summed E-state index contributed by atoms with van der Waals surface area (Å²) >= 11 is 0. The second-order valence-electron chi connectivity index (χ2n) is 12.6. The van der Waals surface area contributed by atoms with E-state index < -0.39 is 74.6 Å². The highest BCUT2D eigenvalue weighted by molar-refractivity contribution is 5.15. The van der Waals surface area contributed by atoms with Gasteiger partial charge in [0.25, 0.3) is 0 Å². The fraction of sp³-hybridized carbons (Fsp3) is 1.00. The van der Waals surface area contributed by atoms with Gasteiger partial charge in [-0.3, -0.25) is 5.32 Å². The molecule has 0 spiro atoms. The molecule has 202 valence electrons. The summed E-state index contributed by atoms with van der Waals surface area (Å²) in [5.41, 5.74) is 0.230. The molecule has 0 aromatic carbocycles. The molecule has 4 aliphatic carbocycles. The molecule has 35 heavy (non-hydrogen) atoms. The zero-order valence-corrected chi connectivity index (χ0v) is 20.4. The fourth-order valence-corrected chi connectivity index (χ4v) is 8.62. The van der Waals surface area contributed by atoms with Crippen LogP contribution in [0.2, 0.25) is 0 Å². The van der Waals surface area contributed by atoms with Gasteiger partial charge in [0.1, 0.15) is 55.1 Å². The van der Waals surface area contributed by atoms with Gasteiger partial charge in [-0.05, 0) is 55.3 Å². The first kappa shape index (κ1) is 26.2. The van der Waals surface area contributed by atoms with Crippen LogP contribution in [0.5, 0.6) is 0 Å². The normalized spacial score (nSPS) is 58.0. The summed E-state index contributed by atoms with van der Waals surface area (Å²) in [6.45, 7) is 3.50. The van der Waals surface area contributed by atoms with Gasteiger partial charge in [0, 0.05) is 5.54 Å². The van der Waals surface area contributed by atoms with Crippen molar-refractivity contribution in [3.63, 3.8) is 0 Å². The van der Waals surface area contributed by atoms with Crippen molar-refractivity contribution in [2.24, 2.45) is 16.7 Å². The number of hydrogen-bond donors (Lipinski definition) is 8. The number of hydrogen-bond acceptors (Lipinski definition) is 11. The van der Waals surface area contributed by atoms with Gasteiger partial charge >= 0.3 is 0 Å². The molecule has 11 nitrogen and oxygen atoms in total. The molecule has 4 saturated carbocycles. The highest BCUT2D eigenvalue weighted by atomic mass is 16.7. The first-order valence-electron chi connectivity index (χ1n) is 12.8. The largest absolute Gasteiger partial charge is 0.394 e. The third kappa shape index (κ3) is 4.57. The van der Waals surface area contributed by atoms with E-state index in [1.807, 2.05) is 0 Å². The zero-order valence-electron chi connectivity index (χ0n) is 20.4. The molecular weight excluding hydrogens is 462 g/mol. The molecular formula is C24H41NO10. The van der Waals surface area contributed by atoms with Gasteiger partial charge in [-0.1, -0.05) is 13.8 Å². The molecule has 6 fully saturated rings. The molecule has 2 saturated heterocycles. The molecule has 8 N–H and O–H groups in total. The first-order chi connectivity index (χ1) is 16.4. The molecule has 0 aromatic rings. The van der Waals surface area contributed by atoms with Gasteiger partial charge in [-0.2, -0.15) is 0 Å². The van der Waals surface area contributed by atoms with Crippen LogP contribution in [0.25, 0.3) is 0 Å². The van der Waals surface area contributed by atoms with Gasteiger partial charge in [-0.25, -0.2) is 0 Å². The van der Waals surface area contributed by atoms with Crippen LogP contribution >= 0.6 is 0 Å². The molecule has 0 radical (unpaired) electrons. The topological polar surface area (TPSA) is 181 Å². The Kier molecular flexibility index (Phi) is 6.80. The summed E-state index contributed by atoms with van der Waals surface area (Å²) in [6.07, 6.45) is -7.26. The van der Waals surface area contributed by atoms with Crippen LogP contribution in [0.1, 0.15) is 52.4 Å². The predicted octanol–water partition coefficient (Wildman–Crippen LogP) is -2.05. The summed E-state index contributed by atoms with van der Waals surface area (Å²) in [7, 11) is 0. The van der Waals surface area contributed by atoms with Gasteiger partial charge in [0.05, 0.1) is 13.2 Å². The summed E-state index contributed by atoms with van der Waals surface area (Å²) in [5, 5.41) is 75.3. The van der Waals surface area contributed by atoms with E-state index in [-0.39, 0.29) is 16.4 Å². The Morgan fingerprint density at radius 2 is 1.37 bits per heavy atom. The van der Waals surface area contributed by atoms with Crippen LogP contribution in [-0.2, 0) is 14.2 Å². The molecule has 0 aromatic heterocycles. The summed E-state index contributed by atoms with van der Waals surface area (Å²) < 4.78 is 17.1. The highest BCUT2D eigenvalue weighted by Crippen LogP contribution is 2.66. The van der Waals surface area contributed by atoms with Crippen molar-refractivity contribution < 1.29 is 50.0 Å². The van der Waals surface area contributed by atoms with E-state index in [1.54, 1.807) is 0 Å². The van der Waals surface area contributed by atoms with Crippen molar-refractivity contribution in [3.05, 3.63) is 0 Å². The number of aliphatic hydroxyl groups excluding tert-OH is 7. The molecule has 2 heterocycles. The molecule has 11 heteroatoms. The van der Waals surface area contributed by atoms with E-state index in [9.17, 15) is 35.7 Å². The highest BCUT2D eigenvalue weighted by Gasteiger charge is 2.61. The monoisotopic (exact) mass is 503 g/mol. The predicted molar refractivity (Wildman–Crippen MR) is 120 cm³/mol. The Labute approximate surface area is 205 Å². The third-order valence-corrected chi connectivity index (χ3v) is 9.08. The lowest BCUT2D eigenvalue weighted by molar-refractivity contribution is -0.344. The van der Waals surface area contributed by atoms with Crippen molar-refractivity contribution >= 4 is 0 Å². The number of aliphatic hydroxyl groups is 7. The van der Waals surface area contributed by atoms with Gasteiger partial charge in [-0.15, -0.1) is 0 Å². The molecule has 6 rings (SSSR count). The maximum absolute atomic E-state index is 11.0. The van der Waals surface area contributed by atoms with E-state index in [2.05, 4.69) is 19.2 Å². The number of nitrogens with one attached hydrogen (secondary N) is 1. The quantitative estimate of drug-likeness (QED) is 0.200. The van der Waals surface area contributed by atoms with Gasteiger partial charge < -0.3 is 50.0 Å². The summed E-state index contributed by atoms with van der Waals surface area (Å²) in [4.78, 5) is 0. The molecule has 0 unspecified atom stereocenters. The van der Waals surface area contributed by atoms with E-state index in [0.29, 0.717) is 5.92 Å². The number of rotatable bonds is 6. The van der Waals surface area contributed by atoms with Crippen molar-refractivity contribution in [2.45, 2.75) is 119 Å². The second-order valence-corrected chi connectivity index (χ2v) is 12.6. The van der Waals surface area contributed by atoms with Crippen LogP contribution in [-0.4, -0.2) is 116 Å². The van der Waals surface area contributed by atoms with E-state index in [0.717, 1.165) is 19.3 Å². The van der Waals surface area contributed by atoms with Crippen LogP contribution in [0.4, 0.5) is 0 Å². The molecule has 6 aliphatic rings. The Morgan fingerprint density at radius 1 is 0.743 bits per heavy atom. The first-order valence-corrected chi connectivity index (χ1v) is 12.8. The maximum atomic E-state index is 11.0. The molecule has 2 aliphatic heterocycles. The molecule has 12 atom stereocenters. The minimum absolute atomic E-state index is 0.223. The van der Waals surface area contributed by atoms with Gasteiger partial charge in [0.15, 0.2) is 6.29 Å². The summed E-state index contributed by atoms with van der Waals surface area (Å²) in [5.74, 6) is 0.607. The second kappa shape index (κ2) is 9.09. The Balaban J connectivity index is 1.30. The van der Waals surface area contributed by atoms with Crippen molar-refractivity contribution in [1.29, 1.82) is 0 Å². The Morgan fingerprint density at radius 3 is 1.94 bits per heavy atom. The van der Waals surface area contributed by atoms with E-state index in [1.165, 1.54) is 19.3 Å². The van der Waals surface area contributed by atoms with Crippen LogP contribution in [0.3, 0.4) is 0 Å². The lowest BCUT2D eigenvalue weighted by Crippen LogP contribution is -2.71. The zero-order chi connectivity index (χ0) is 25.3. The van der Waals surface area contributed by atoms with Crippen LogP contribution in [0.15, 0.2) is 0 Å². The van der Waals surface area contributed by atoms with Crippen molar-refractivity contribution in [3.8, 4) is 0 Å². The minimum atomic E-state index is -1.68. The fourth-order valence-electron chi connectivity index (χ4n) is 8.62. The Hall–Kier alpha value is -0.440. The summed E-state index contributed by atoms with van der Waals surface area (Å²) in [6, 6.07) is 0. The minimum Gasteiger partial charge on any atom is -0.394 e. The smallest absolute Gasteiger partial charge is 0.187 e.